The van der Waals surface area contributed by atoms with Gasteiger partial charge in [-0.2, -0.15) is 0 Å². The van der Waals surface area contributed by atoms with Crippen LogP contribution in [-0.4, -0.2) is 30.5 Å². The third-order valence-electron chi connectivity index (χ3n) is 3.36. The van der Waals surface area contributed by atoms with E-state index >= 15 is 0 Å². The SMILES string of the molecule is CC(=O)c1ccc(N2CC(C)NC(C)(C)C2)cc1. The number of ketones is 1. The smallest absolute Gasteiger partial charge is 0.159 e. The van der Waals surface area contributed by atoms with E-state index in [-0.39, 0.29) is 11.3 Å². The van der Waals surface area contributed by atoms with Gasteiger partial charge in [-0.15, -0.1) is 0 Å². The molecule has 0 radical (unpaired) electrons. The maximum absolute atomic E-state index is 11.3. The Balaban J connectivity index is 2.18. The third kappa shape index (κ3) is 2.91. The predicted octanol–water partition coefficient (Wildman–Crippen LogP) is 2.47. The minimum atomic E-state index is 0.121. The highest BCUT2D eigenvalue weighted by molar-refractivity contribution is 5.94. The highest BCUT2D eigenvalue weighted by Crippen LogP contribution is 2.22. The fraction of sp³-hybridized carbons (Fsp3) is 0.533. The largest absolute Gasteiger partial charge is 0.368 e. The normalized spacial score (nSPS) is 22.9. The maximum Gasteiger partial charge on any atom is 0.159 e. The van der Waals surface area contributed by atoms with Crippen LogP contribution in [0.2, 0.25) is 0 Å². The molecule has 3 heteroatoms. The van der Waals surface area contributed by atoms with Gasteiger partial charge >= 0.3 is 0 Å². The average Bonchev–Trinajstić information content (AvgIpc) is 2.26. The van der Waals surface area contributed by atoms with Crippen LogP contribution in [0.25, 0.3) is 0 Å². The Morgan fingerprint density at radius 3 is 2.44 bits per heavy atom. The molecule has 2 rings (SSSR count). The van der Waals surface area contributed by atoms with Crippen LogP contribution >= 0.6 is 0 Å². The van der Waals surface area contributed by atoms with E-state index in [9.17, 15) is 4.79 Å². The van der Waals surface area contributed by atoms with E-state index in [2.05, 4.69) is 31.0 Å². The van der Waals surface area contributed by atoms with Crippen LogP contribution in [0.5, 0.6) is 0 Å². The standard InChI is InChI=1S/C15H22N2O/c1-11-9-17(10-15(3,4)16-11)14-7-5-13(6-8-14)12(2)18/h5-8,11,16H,9-10H2,1-4H3. The zero-order valence-corrected chi connectivity index (χ0v) is 11.7. The monoisotopic (exact) mass is 246 g/mol. The Kier molecular flexibility index (Phi) is 3.44. The van der Waals surface area contributed by atoms with Crippen LogP contribution in [0, 0.1) is 0 Å². The summed E-state index contributed by atoms with van der Waals surface area (Å²) in [6.45, 7) is 10.2. The van der Waals surface area contributed by atoms with Gasteiger partial charge in [0.1, 0.15) is 0 Å². The van der Waals surface area contributed by atoms with Gasteiger partial charge in [-0.1, -0.05) is 0 Å². The first-order valence-electron chi connectivity index (χ1n) is 6.51. The number of nitrogens with zero attached hydrogens (tertiary/aromatic N) is 1. The van der Waals surface area contributed by atoms with E-state index in [4.69, 9.17) is 0 Å². The molecule has 3 nitrogen and oxygen atoms in total. The van der Waals surface area contributed by atoms with E-state index in [1.54, 1.807) is 6.92 Å². The Morgan fingerprint density at radius 1 is 1.33 bits per heavy atom. The van der Waals surface area contributed by atoms with Crippen molar-refractivity contribution >= 4 is 11.5 Å². The van der Waals surface area contributed by atoms with Gasteiger partial charge in [-0.3, -0.25) is 4.79 Å². The summed E-state index contributed by atoms with van der Waals surface area (Å²) in [5.41, 5.74) is 2.10. The highest BCUT2D eigenvalue weighted by atomic mass is 16.1. The van der Waals surface area contributed by atoms with Crippen molar-refractivity contribution in [1.82, 2.24) is 5.32 Å². The number of piperazine rings is 1. The van der Waals surface area contributed by atoms with Gasteiger partial charge in [0.2, 0.25) is 0 Å². The minimum absolute atomic E-state index is 0.121. The molecule has 1 fully saturated rings. The number of benzene rings is 1. The summed E-state index contributed by atoms with van der Waals surface area (Å²) in [5, 5.41) is 3.59. The molecule has 98 valence electrons. The second-order valence-corrected chi connectivity index (χ2v) is 5.91. The van der Waals surface area contributed by atoms with E-state index < -0.39 is 0 Å². The molecular formula is C15H22N2O. The Morgan fingerprint density at radius 2 is 1.94 bits per heavy atom. The lowest BCUT2D eigenvalue weighted by molar-refractivity contribution is 0.101. The summed E-state index contributed by atoms with van der Waals surface area (Å²) >= 11 is 0. The molecule has 0 spiro atoms. The van der Waals surface area contributed by atoms with E-state index in [0.717, 1.165) is 18.7 Å². The molecule has 1 atom stereocenters. The summed E-state index contributed by atoms with van der Waals surface area (Å²) < 4.78 is 0. The molecule has 1 aromatic rings. The van der Waals surface area contributed by atoms with E-state index in [1.165, 1.54) is 5.69 Å². The van der Waals surface area contributed by atoms with Crippen molar-refractivity contribution in [2.75, 3.05) is 18.0 Å². The molecule has 0 bridgehead atoms. The maximum atomic E-state index is 11.3. The minimum Gasteiger partial charge on any atom is -0.368 e. The molecule has 0 amide bonds. The van der Waals surface area contributed by atoms with Gasteiger partial charge in [0, 0.05) is 35.9 Å². The van der Waals surface area contributed by atoms with Gasteiger partial charge in [-0.25, -0.2) is 0 Å². The second kappa shape index (κ2) is 4.73. The van der Waals surface area contributed by atoms with Crippen molar-refractivity contribution in [3.05, 3.63) is 29.8 Å². The topological polar surface area (TPSA) is 32.3 Å². The second-order valence-electron chi connectivity index (χ2n) is 5.91. The molecule has 1 aliphatic heterocycles. The zero-order chi connectivity index (χ0) is 13.3. The van der Waals surface area contributed by atoms with E-state index in [0.29, 0.717) is 6.04 Å². The van der Waals surface area contributed by atoms with Gasteiger partial charge in [-0.05, 0) is 52.0 Å². The number of nitrogens with one attached hydrogen (secondary N) is 1. The van der Waals surface area contributed by atoms with Crippen molar-refractivity contribution in [1.29, 1.82) is 0 Å². The Bertz CT molecular complexity index is 436. The number of carbonyl (C=O) groups excluding carboxylic acids is 1. The average molecular weight is 246 g/mol. The number of hydrogen-bond acceptors (Lipinski definition) is 3. The molecule has 1 heterocycles. The van der Waals surface area contributed by atoms with Crippen LogP contribution < -0.4 is 10.2 Å². The number of Topliss-reactive ketones (excluding diaryl/α,β-unsaturated/α-hetero) is 1. The van der Waals surface area contributed by atoms with Gasteiger partial charge < -0.3 is 10.2 Å². The Labute approximate surface area is 109 Å². The summed E-state index contributed by atoms with van der Waals surface area (Å²) in [5.74, 6) is 0.121. The van der Waals surface area contributed by atoms with Gasteiger partial charge in [0.15, 0.2) is 5.78 Å². The van der Waals surface area contributed by atoms with Crippen molar-refractivity contribution < 1.29 is 4.79 Å². The molecule has 1 N–H and O–H groups in total. The summed E-state index contributed by atoms with van der Waals surface area (Å²) in [4.78, 5) is 13.6. The first-order valence-corrected chi connectivity index (χ1v) is 6.51. The van der Waals surface area contributed by atoms with Crippen molar-refractivity contribution in [3.8, 4) is 0 Å². The van der Waals surface area contributed by atoms with Gasteiger partial charge in [0.25, 0.3) is 0 Å². The van der Waals surface area contributed by atoms with Crippen LogP contribution in [-0.2, 0) is 0 Å². The first-order chi connectivity index (χ1) is 8.37. The highest BCUT2D eigenvalue weighted by Gasteiger charge is 2.29. The molecule has 1 unspecified atom stereocenters. The van der Waals surface area contributed by atoms with Gasteiger partial charge in [0.05, 0.1) is 0 Å². The zero-order valence-electron chi connectivity index (χ0n) is 11.7. The van der Waals surface area contributed by atoms with Crippen LogP contribution in [0.15, 0.2) is 24.3 Å². The van der Waals surface area contributed by atoms with Crippen LogP contribution in [0.1, 0.15) is 38.1 Å². The molecule has 0 saturated carbocycles. The number of carbonyl (C=O) groups is 1. The van der Waals surface area contributed by atoms with Crippen molar-refractivity contribution in [2.24, 2.45) is 0 Å². The predicted molar refractivity (Wildman–Crippen MR) is 75.3 cm³/mol. The molecule has 0 aromatic heterocycles. The fourth-order valence-corrected chi connectivity index (χ4v) is 2.73. The quantitative estimate of drug-likeness (QED) is 0.814. The molecule has 1 aromatic carbocycles. The lowest BCUT2D eigenvalue weighted by Gasteiger charge is -2.44. The van der Waals surface area contributed by atoms with Crippen LogP contribution in [0.3, 0.4) is 0 Å². The summed E-state index contributed by atoms with van der Waals surface area (Å²) in [7, 11) is 0. The molecule has 18 heavy (non-hydrogen) atoms. The lowest BCUT2D eigenvalue weighted by atomic mass is 9.98. The first kappa shape index (κ1) is 13.1. The number of hydrogen-bond donors (Lipinski definition) is 1. The molecule has 1 aliphatic rings. The fourth-order valence-electron chi connectivity index (χ4n) is 2.73. The molecular weight excluding hydrogens is 224 g/mol. The van der Waals surface area contributed by atoms with Crippen LogP contribution in [0.4, 0.5) is 5.69 Å². The number of rotatable bonds is 2. The Hall–Kier alpha value is -1.35. The van der Waals surface area contributed by atoms with Crippen molar-refractivity contribution in [2.45, 2.75) is 39.3 Å². The lowest BCUT2D eigenvalue weighted by Crippen LogP contribution is -2.61. The third-order valence-corrected chi connectivity index (χ3v) is 3.36. The molecule has 0 aliphatic carbocycles. The van der Waals surface area contributed by atoms with E-state index in [1.807, 2.05) is 24.3 Å². The van der Waals surface area contributed by atoms with Crippen molar-refractivity contribution in [3.63, 3.8) is 0 Å². The molecule has 1 saturated heterocycles. The number of anilines is 1. The summed E-state index contributed by atoms with van der Waals surface area (Å²) in [6.07, 6.45) is 0. The summed E-state index contributed by atoms with van der Waals surface area (Å²) in [6, 6.07) is 8.39.